The van der Waals surface area contributed by atoms with Gasteiger partial charge in [-0.05, 0) is 48.6 Å². The predicted molar refractivity (Wildman–Crippen MR) is 130 cm³/mol. The Hall–Kier alpha value is -2.36. The number of carbonyl (C=O) groups is 1. The van der Waals surface area contributed by atoms with Crippen molar-refractivity contribution < 1.29 is 32.2 Å². The molecule has 10 heteroatoms. The van der Waals surface area contributed by atoms with E-state index in [-0.39, 0.29) is 30.6 Å². The zero-order valence-corrected chi connectivity index (χ0v) is 22.0. The third kappa shape index (κ3) is 6.12. The van der Waals surface area contributed by atoms with Gasteiger partial charge in [-0.2, -0.15) is 13.2 Å². The van der Waals surface area contributed by atoms with Crippen molar-refractivity contribution >= 4 is 17.6 Å². The minimum atomic E-state index is -4.56. The summed E-state index contributed by atoms with van der Waals surface area (Å²) in [6, 6.07) is 5.27. The SMILES string of the molecule is CCOC(=O)[C@H]1N[C@@H](c2cc(Cl)ccc2C)[C@@H](OCc2cc(C(F)(F)F)cnc2OC)[C@@H]1C(C)(C)C. The molecule has 198 valence electrons. The van der Waals surface area contributed by atoms with Crippen LogP contribution in [0.15, 0.2) is 30.5 Å². The molecular weight excluding hydrogens is 497 g/mol. The highest BCUT2D eigenvalue weighted by Gasteiger charge is 2.53. The molecule has 0 saturated carbocycles. The summed E-state index contributed by atoms with van der Waals surface area (Å²) >= 11 is 6.30. The number of ether oxygens (including phenoxy) is 3. The van der Waals surface area contributed by atoms with Gasteiger partial charge >= 0.3 is 12.1 Å². The molecule has 2 heterocycles. The number of pyridine rings is 1. The summed E-state index contributed by atoms with van der Waals surface area (Å²) in [4.78, 5) is 16.8. The Morgan fingerprint density at radius 3 is 2.47 bits per heavy atom. The molecule has 36 heavy (non-hydrogen) atoms. The third-order valence-corrected chi connectivity index (χ3v) is 6.63. The fourth-order valence-electron chi connectivity index (χ4n) is 4.77. The predicted octanol–water partition coefficient (Wildman–Crippen LogP) is 5.89. The first-order valence-corrected chi connectivity index (χ1v) is 12.1. The van der Waals surface area contributed by atoms with Crippen molar-refractivity contribution in [3.63, 3.8) is 0 Å². The van der Waals surface area contributed by atoms with Crippen molar-refractivity contribution in [3.05, 3.63) is 57.7 Å². The van der Waals surface area contributed by atoms with Gasteiger partial charge in [-0.1, -0.05) is 38.4 Å². The van der Waals surface area contributed by atoms with E-state index in [1.165, 1.54) is 7.11 Å². The molecule has 4 atom stereocenters. The van der Waals surface area contributed by atoms with Gasteiger partial charge in [-0.15, -0.1) is 0 Å². The molecule has 1 aromatic carbocycles. The summed E-state index contributed by atoms with van der Waals surface area (Å²) in [6.07, 6.45) is -4.44. The maximum Gasteiger partial charge on any atom is 0.417 e. The molecule has 0 aliphatic carbocycles. The summed E-state index contributed by atoms with van der Waals surface area (Å²) in [5.74, 6) is -0.741. The van der Waals surface area contributed by atoms with Crippen molar-refractivity contribution in [2.75, 3.05) is 13.7 Å². The summed E-state index contributed by atoms with van der Waals surface area (Å²) < 4.78 is 56.9. The highest BCUT2D eigenvalue weighted by molar-refractivity contribution is 6.30. The number of aryl methyl sites for hydroxylation is 1. The Labute approximate surface area is 214 Å². The normalized spacial score (nSPS) is 22.5. The molecule has 0 amide bonds. The molecule has 0 bridgehead atoms. The summed E-state index contributed by atoms with van der Waals surface area (Å²) in [6.45, 7) is 9.63. The van der Waals surface area contributed by atoms with Crippen molar-refractivity contribution in [2.45, 2.75) is 65.6 Å². The van der Waals surface area contributed by atoms with E-state index in [0.29, 0.717) is 5.02 Å². The molecule has 0 radical (unpaired) electrons. The van der Waals surface area contributed by atoms with E-state index in [1.807, 2.05) is 39.8 Å². The quantitative estimate of drug-likeness (QED) is 0.452. The molecule has 1 aromatic heterocycles. The topological polar surface area (TPSA) is 69.7 Å². The Kier molecular flexibility index (Phi) is 8.58. The van der Waals surface area contributed by atoms with Crippen LogP contribution in [0.25, 0.3) is 0 Å². The fourth-order valence-corrected chi connectivity index (χ4v) is 4.95. The van der Waals surface area contributed by atoms with Crippen molar-refractivity contribution in [3.8, 4) is 5.88 Å². The highest BCUT2D eigenvalue weighted by Crippen LogP contribution is 2.45. The molecule has 1 saturated heterocycles. The number of hydrogen-bond acceptors (Lipinski definition) is 6. The number of aromatic nitrogens is 1. The molecule has 1 aliphatic heterocycles. The molecule has 1 fully saturated rings. The van der Waals surface area contributed by atoms with Gasteiger partial charge in [0.2, 0.25) is 5.88 Å². The number of benzene rings is 1. The van der Waals surface area contributed by atoms with Crippen LogP contribution < -0.4 is 10.1 Å². The van der Waals surface area contributed by atoms with Gasteiger partial charge in [-0.3, -0.25) is 10.1 Å². The van der Waals surface area contributed by atoms with Crippen LogP contribution in [0.3, 0.4) is 0 Å². The second-order valence-corrected chi connectivity index (χ2v) is 10.4. The molecule has 3 rings (SSSR count). The average Bonchev–Trinajstić information content (AvgIpc) is 3.18. The van der Waals surface area contributed by atoms with E-state index in [9.17, 15) is 18.0 Å². The van der Waals surface area contributed by atoms with Gasteiger partial charge in [0.1, 0.15) is 6.04 Å². The number of nitrogens with one attached hydrogen (secondary N) is 1. The van der Waals surface area contributed by atoms with E-state index in [4.69, 9.17) is 25.8 Å². The van der Waals surface area contributed by atoms with E-state index < -0.39 is 41.3 Å². The molecule has 0 spiro atoms. The standard InChI is InChI=1S/C26H32ClF3N2O4/c1-7-35-24(33)21-19(25(3,4)5)22(20(32-21)18-11-17(27)9-8-14(18)2)36-13-15-10-16(26(28,29)30)12-31-23(15)34-6/h8-12,19-22,32H,7,13H2,1-6H3/t19-,20+,21+,22+/m1/s1. The lowest BCUT2D eigenvalue weighted by molar-refractivity contribution is -0.148. The van der Waals surface area contributed by atoms with Gasteiger partial charge in [0.25, 0.3) is 0 Å². The Morgan fingerprint density at radius 1 is 1.19 bits per heavy atom. The van der Waals surface area contributed by atoms with E-state index in [0.717, 1.165) is 23.4 Å². The van der Waals surface area contributed by atoms with E-state index in [2.05, 4.69) is 10.3 Å². The fraction of sp³-hybridized carbons (Fsp3) is 0.538. The van der Waals surface area contributed by atoms with Crippen molar-refractivity contribution in [1.29, 1.82) is 0 Å². The number of rotatable bonds is 7. The number of methoxy groups -OCH3 is 1. The van der Waals surface area contributed by atoms with E-state index in [1.54, 1.807) is 13.0 Å². The number of hydrogen-bond donors (Lipinski definition) is 1. The summed E-state index contributed by atoms with van der Waals surface area (Å²) in [5, 5.41) is 3.90. The second kappa shape index (κ2) is 10.9. The minimum Gasteiger partial charge on any atom is -0.481 e. The average molecular weight is 529 g/mol. The molecule has 6 nitrogen and oxygen atoms in total. The molecule has 0 unspecified atom stereocenters. The van der Waals surface area contributed by atoms with Crippen molar-refractivity contribution in [1.82, 2.24) is 10.3 Å². The van der Waals surface area contributed by atoms with E-state index >= 15 is 0 Å². The lowest BCUT2D eigenvalue weighted by atomic mass is 9.73. The molecule has 1 aliphatic rings. The first-order valence-electron chi connectivity index (χ1n) is 11.7. The van der Waals surface area contributed by atoms with Gasteiger partial charge in [-0.25, -0.2) is 4.98 Å². The first kappa shape index (κ1) is 28.2. The maximum absolute atomic E-state index is 13.3. The number of carbonyl (C=O) groups excluding carboxylic acids is 1. The number of alkyl halides is 3. The van der Waals surface area contributed by atoms with Crippen LogP contribution in [-0.4, -0.2) is 36.8 Å². The van der Waals surface area contributed by atoms with Crippen LogP contribution in [-0.2, 0) is 27.1 Å². The molecule has 1 N–H and O–H groups in total. The second-order valence-electron chi connectivity index (χ2n) is 9.93. The third-order valence-electron chi connectivity index (χ3n) is 6.39. The highest BCUT2D eigenvalue weighted by atomic mass is 35.5. The monoisotopic (exact) mass is 528 g/mol. The lowest BCUT2D eigenvalue weighted by Crippen LogP contribution is -2.44. The minimum absolute atomic E-state index is 0.0405. The zero-order chi connectivity index (χ0) is 26.8. The van der Waals surface area contributed by atoms with Gasteiger partial charge < -0.3 is 14.2 Å². The first-order chi connectivity index (χ1) is 16.8. The van der Waals surface area contributed by atoms with Crippen LogP contribution in [0, 0.1) is 18.3 Å². The smallest absolute Gasteiger partial charge is 0.417 e. The summed E-state index contributed by atoms with van der Waals surface area (Å²) in [7, 11) is 1.34. The lowest BCUT2D eigenvalue weighted by Gasteiger charge is -2.35. The maximum atomic E-state index is 13.3. The van der Waals surface area contributed by atoms with Crippen LogP contribution >= 0.6 is 11.6 Å². The van der Waals surface area contributed by atoms with Crippen LogP contribution in [0.1, 0.15) is 56.0 Å². The Bertz CT molecular complexity index is 1090. The van der Waals surface area contributed by atoms with Crippen molar-refractivity contribution in [2.24, 2.45) is 11.3 Å². The Morgan fingerprint density at radius 2 is 1.89 bits per heavy atom. The largest absolute Gasteiger partial charge is 0.481 e. The van der Waals surface area contributed by atoms with Gasteiger partial charge in [0, 0.05) is 22.7 Å². The van der Waals surface area contributed by atoms with Crippen LogP contribution in [0.2, 0.25) is 5.02 Å². The number of halogens is 4. The van der Waals surface area contributed by atoms with Gasteiger partial charge in [0.05, 0.1) is 38.0 Å². The molecular formula is C26H32ClF3N2O4. The summed E-state index contributed by atoms with van der Waals surface area (Å²) in [5.41, 5.74) is 0.599. The van der Waals surface area contributed by atoms with Gasteiger partial charge in [0.15, 0.2) is 0 Å². The van der Waals surface area contributed by atoms with Crippen LogP contribution in [0.4, 0.5) is 13.2 Å². The number of nitrogens with zero attached hydrogens (tertiary/aromatic N) is 1. The zero-order valence-electron chi connectivity index (χ0n) is 21.2. The van der Waals surface area contributed by atoms with Crippen LogP contribution in [0.5, 0.6) is 5.88 Å². The molecule has 2 aromatic rings. The Balaban J connectivity index is 2.05. The number of esters is 1.